The van der Waals surface area contributed by atoms with Gasteiger partial charge in [-0.05, 0) is 40.0 Å². The molecule has 2 rings (SSSR count). The van der Waals surface area contributed by atoms with Crippen molar-refractivity contribution in [3.8, 4) is 0 Å². The van der Waals surface area contributed by atoms with Crippen LogP contribution in [0.5, 0.6) is 0 Å². The zero-order chi connectivity index (χ0) is 13.0. The van der Waals surface area contributed by atoms with Gasteiger partial charge in [0.15, 0.2) is 0 Å². The van der Waals surface area contributed by atoms with E-state index < -0.39 is 0 Å². The van der Waals surface area contributed by atoms with Crippen LogP contribution in [-0.4, -0.2) is 16.5 Å². The SMILES string of the molecule is Nc1cc(Br)nc(NCCc2ccc(F)cc2)n1. The van der Waals surface area contributed by atoms with Crippen molar-refractivity contribution in [2.75, 3.05) is 17.6 Å². The molecule has 0 radical (unpaired) electrons. The molecule has 94 valence electrons. The number of hydrogen-bond donors (Lipinski definition) is 2. The Morgan fingerprint density at radius 3 is 2.61 bits per heavy atom. The van der Waals surface area contributed by atoms with Gasteiger partial charge in [-0.15, -0.1) is 0 Å². The number of hydrogen-bond acceptors (Lipinski definition) is 4. The lowest BCUT2D eigenvalue weighted by Gasteiger charge is -2.06. The first-order valence-electron chi connectivity index (χ1n) is 5.42. The normalized spacial score (nSPS) is 10.3. The van der Waals surface area contributed by atoms with Gasteiger partial charge in [-0.25, -0.2) is 9.37 Å². The minimum atomic E-state index is -0.227. The van der Waals surface area contributed by atoms with Gasteiger partial charge in [0.2, 0.25) is 5.95 Å². The van der Waals surface area contributed by atoms with Crippen LogP contribution in [-0.2, 0) is 6.42 Å². The minimum absolute atomic E-state index is 0.227. The highest BCUT2D eigenvalue weighted by molar-refractivity contribution is 9.10. The predicted octanol–water partition coefficient (Wildman–Crippen LogP) is 2.62. The summed E-state index contributed by atoms with van der Waals surface area (Å²) in [5, 5.41) is 3.06. The molecular weight excluding hydrogens is 299 g/mol. The van der Waals surface area contributed by atoms with Crippen LogP contribution < -0.4 is 11.1 Å². The number of benzene rings is 1. The molecule has 0 saturated carbocycles. The van der Waals surface area contributed by atoms with Crippen LogP contribution in [0.3, 0.4) is 0 Å². The molecule has 1 heterocycles. The van der Waals surface area contributed by atoms with Crippen molar-refractivity contribution >= 4 is 27.7 Å². The monoisotopic (exact) mass is 310 g/mol. The Labute approximate surface area is 113 Å². The van der Waals surface area contributed by atoms with E-state index in [0.717, 1.165) is 12.0 Å². The van der Waals surface area contributed by atoms with E-state index in [4.69, 9.17) is 5.73 Å². The second-order valence-corrected chi connectivity index (χ2v) is 4.55. The van der Waals surface area contributed by atoms with E-state index in [0.29, 0.717) is 22.9 Å². The zero-order valence-corrected chi connectivity index (χ0v) is 11.1. The molecule has 3 N–H and O–H groups in total. The molecule has 1 aromatic heterocycles. The summed E-state index contributed by atoms with van der Waals surface area (Å²) in [6, 6.07) is 8.04. The van der Waals surface area contributed by atoms with E-state index in [1.807, 2.05) is 0 Å². The summed E-state index contributed by atoms with van der Waals surface area (Å²) in [6.45, 7) is 0.654. The number of nitrogens with one attached hydrogen (secondary N) is 1. The van der Waals surface area contributed by atoms with E-state index in [1.165, 1.54) is 12.1 Å². The molecule has 0 amide bonds. The highest BCUT2D eigenvalue weighted by Gasteiger charge is 2.00. The van der Waals surface area contributed by atoms with Crippen molar-refractivity contribution in [2.24, 2.45) is 0 Å². The number of anilines is 2. The van der Waals surface area contributed by atoms with Crippen LogP contribution in [0.25, 0.3) is 0 Å². The molecule has 0 bridgehead atoms. The van der Waals surface area contributed by atoms with Crippen LogP contribution in [0, 0.1) is 5.82 Å². The van der Waals surface area contributed by atoms with Gasteiger partial charge in [0.1, 0.15) is 16.2 Å². The lowest BCUT2D eigenvalue weighted by molar-refractivity contribution is 0.627. The number of nitrogen functional groups attached to an aromatic ring is 1. The lowest BCUT2D eigenvalue weighted by atomic mass is 10.1. The number of halogens is 2. The van der Waals surface area contributed by atoms with E-state index in [1.54, 1.807) is 18.2 Å². The first-order chi connectivity index (χ1) is 8.63. The fraction of sp³-hybridized carbons (Fsp3) is 0.167. The fourth-order valence-electron chi connectivity index (χ4n) is 1.48. The Bertz CT molecular complexity index is 510. The standard InChI is InChI=1S/C12H12BrFN4/c13-10-7-11(15)18-12(17-10)16-6-5-8-1-3-9(14)4-2-8/h1-4,7H,5-6H2,(H3,15,16,17,18). The maximum Gasteiger partial charge on any atom is 0.225 e. The van der Waals surface area contributed by atoms with E-state index in [2.05, 4.69) is 31.2 Å². The Morgan fingerprint density at radius 1 is 1.22 bits per heavy atom. The largest absolute Gasteiger partial charge is 0.383 e. The van der Waals surface area contributed by atoms with Gasteiger partial charge < -0.3 is 11.1 Å². The topological polar surface area (TPSA) is 63.8 Å². The summed E-state index contributed by atoms with van der Waals surface area (Å²) in [5.41, 5.74) is 6.64. The molecule has 0 spiro atoms. The summed E-state index contributed by atoms with van der Waals surface area (Å²) < 4.78 is 13.3. The summed E-state index contributed by atoms with van der Waals surface area (Å²) in [6.07, 6.45) is 0.760. The average Bonchev–Trinajstić information content (AvgIpc) is 2.30. The third-order valence-electron chi connectivity index (χ3n) is 2.32. The first kappa shape index (κ1) is 12.8. The van der Waals surface area contributed by atoms with Crippen molar-refractivity contribution < 1.29 is 4.39 Å². The number of rotatable bonds is 4. The highest BCUT2D eigenvalue weighted by atomic mass is 79.9. The quantitative estimate of drug-likeness (QED) is 0.852. The van der Waals surface area contributed by atoms with Crippen molar-refractivity contribution in [1.29, 1.82) is 0 Å². The summed E-state index contributed by atoms with van der Waals surface area (Å²) in [7, 11) is 0. The van der Waals surface area contributed by atoms with Gasteiger partial charge in [-0.1, -0.05) is 12.1 Å². The molecule has 2 aromatic rings. The van der Waals surface area contributed by atoms with Crippen LogP contribution in [0.4, 0.5) is 16.2 Å². The Kier molecular flexibility index (Phi) is 4.09. The van der Waals surface area contributed by atoms with Crippen LogP contribution >= 0.6 is 15.9 Å². The van der Waals surface area contributed by atoms with Gasteiger partial charge in [-0.3, -0.25) is 0 Å². The third kappa shape index (κ3) is 3.66. The summed E-state index contributed by atoms with van der Waals surface area (Å²) in [4.78, 5) is 8.18. The molecule has 0 aliphatic carbocycles. The highest BCUT2D eigenvalue weighted by Crippen LogP contribution is 2.12. The van der Waals surface area contributed by atoms with Crippen molar-refractivity contribution in [1.82, 2.24) is 9.97 Å². The molecule has 1 aromatic carbocycles. The van der Waals surface area contributed by atoms with E-state index >= 15 is 0 Å². The first-order valence-corrected chi connectivity index (χ1v) is 6.21. The molecule has 0 fully saturated rings. The molecule has 6 heteroatoms. The van der Waals surface area contributed by atoms with Gasteiger partial charge >= 0.3 is 0 Å². The van der Waals surface area contributed by atoms with Crippen molar-refractivity contribution in [3.05, 3.63) is 46.3 Å². The second-order valence-electron chi connectivity index (χ2n) is 3.74. The zero-order valence-electron chi connectivity index (χ0n) is 9.53. The van der Waals surface area contributed by atoms with E-state index in [9.17, 15) is 4.39 Å². The molecule has 0 saturated heterocycles. The van der Waals surface area contributed by atoms with Crippen LogP contribution in [0.15, 0.2) is 34.9 Å². The Morgan fingerprint density at radius 2 is 1.94 bits per heavy atom. The molecular formula is C12H12BrFN4. The number of nitrogens with two attached hydrogens (primary N) is 1. The average molecular weight is 311 g/mol. The molecule has 4 nitrogen and oxygen atoms in total. The molecule has 0 aliphatic rings. The smallest absolute Gasteiger partial charge is 0.225 e. The van der Waals surface area contributed by atoms with Gasteiger partial charge in [0.25, 0.3) is 0 Å². The molecule has 0 atom stereocenters. The lowest BCUT2D eigenvalue weighted by Crippen LogP contribution is -2.09. The fourth-order valence-corrected chi connectivity index (χ4v) is 1.89. The second kappa shape index (κ2) is 5.77. The molecule has 18 heavy (non-hydrogen) atoms. The van der Waals surface area contributed by atoms with Gasteiger partial charge in [0.05, 0.1) is 0 Å². The predicted molar refractivity (Wildman–Crippen MR) is 72.7 cm³/mol. The van der Waals surface area contributed by atoms with E-state index in [-0.39, 0.29) is 5.82 Å². The molecule has 0 aliphatic heterocycles. The van der Waals surface area contributed by atoms with Crippen LogP contribution in [0.1, 0.15) is 5.56 Å². The molecule has 0 unspecified atom stereocenters. The summed E-state index contributed by atoms with van der Waals surface area (Å²) >= 11 is 3.24. The van der Waals surface area contributed by atoms with Gasteiger partial charge in [0, 0.05) is 12.6 Å². The Hall–Kier alpha value is -1.69. The van der Waals surface area contributed by atoms with Crippen molar-refractivity contribution in [2.45, 2.75) is 6.42 Å². The minimum Gasteiger partial charge on any atom is -0.383 e. The maximum absolute atomic E-state index is 12.7. The van der Waals surface area contributed by atoms with Crippen LogP contribution in [0.2, 0.25) is 0 Å². The van der Waals surface area contributed by atoms with Gasteiger partial charge in [-0.2, -0.15) is 4.98 Å². The Balaban J connectivity index is 1.90. The summed E-state index contributed by atoms with van der Waals surface area (Å²) in [5.74, 6) is 0.653. The maximum atomic E-state index is 12.7. The number of nitrogens with zero attached hydrogens (tertiary/aromatic N) is 2. The van der Waals surface area contributed by atoms with Crippen molar-refractivity contribution in [3.63, 3.8) is 0 Å². The third-order valence-corrected chi connectivity index (χ3v) is 2.73. The number of aromatic nitrogens is 2.